The molecule has 0 fully saturated rings. The molecule has 3 heteroatoms. The van der Waals surface area contributed by atoms with E-state index in [1.54, 1.807) is 0 Å². The summed E-state index contributed by atoms with van der Waals surface area (Å²) in [5.41, 5.74) is 0.789. The van der Waals surface area contributed by atoms with Crippen LogP contribution in [0.15, 0.2) is 12.3 Å². The summed E-state index contributed by atoms with van der Waals surface area (Å²) in [7, 11) is 1.51. The van der Waals surface area contributed by atoms with Crippen LogP contribution in [0.5, 0.6) is 0 Å². The number of rotatable bonds is 1. The zero-order chi connectivity index (χ0) is 8.57. The Hall–Kier alpha value is -0.570. The molecule has 0 aliphatic heterocycles. The number of thiocarbonyl (C=S) groups is 1. The number of hydrogen-bond acceptors (Lipinski definition) is 2. The van der Waals surface area contributed by atoms with Crippen LogP contribution in [0, 0.1) is 0 Å². The highest BCUT2D eigenvalue weighted by Gasteiger charge is 1.88. The maximum Gasteiger partial charge on any atom is 0.260 e. The van der Waals surface area contributed by atoms with Crippen LogP contribution in [0.4, 0.5) is 0 Å². The Balaban J connectivity index is -0.000000196. The lowest BCUT2D eigenvalue weighted by molar-refractivity contribution is 0.398. The average Bonchev–Trinajstić information content (AvgIpc) is 1.91. The number of ether oxygens (including phenoxy) is 1. The SMILES string of the molecule is C=C(C)NC(=S)OC.CC.[HH]. The highest BCUT2D eigenvalue weighted by atomic mass is 32.1. The maximum absolute atomic E-state index is 4.64. The molecule has 0 heterocycles. The second-order valence-corrected chi connectivity index (χ2v) is 1.77. The minimum atomic E-state index is 0. The van der Waals surface area contributed by atoms with Crippen LogP contribution in [-0.4, -0.2) is 12.3 Å². The molecule has 0 rings (SSSR count). The largest absolute Gasteiger partial charge is 0.474 e. The van der Waals surface area contributed by atoms with E-state index in [-0.39, 0.29) is 1.43 Å². The molecule has 0 atom stereocenters. The Morgan fingerprint density at radius 2 is 2.00 bits per heavy atom. The fourth-order valence-electron chi connectivity index (χ4n) is 0.225. The second kappa shape index (κ2) is 8.43. The molecule has 0 saturated carbocycles. The molecule has 0 aromatic rings. The molecule has 0 unspecified atom stereocenters. The standard InChI is InChI=1S/C5H9NOS.C2H6.H2/c1-4(2)6-5(8)7-3;1-2;/h1H2,2-3H3,(H,6,8);1-2H3;1H. The van der Waals surface area contributed by atoms with Crippen molar-refractivity contribution < 1.29 is 6.16 Å². The van der Waals surface area contributed by atoms with Gasteiger partial charge < -0.3 is 10.1 Å². The zero-order valence-corrected chi connectivity index (χ0v) is 7.84. The first kappa shape index (κ1) is 12.1. The van der Waals surface area contributed by atoms with Gasteiger partial charge in [-0.25, -0.2) is 0 Å². The molecule has 0 aliphatic rings. The van der Waals surface area contributed by atoms with E-state index in [1.807, 2.05) is 20.8 Å². The predicted molar refractivity (Wildman–Crippen MR) is 51.0 cm³/mol. The fourth-order valence-corrected chi connectivity index (χ4v) is 0.399. The lowest BCUT2D eigenvalue weighted by atomic mass is 10.6. The summed E-state index contributed by atoms with van der Waals surface area (Å²) < 4.78 is 4.62. The molecular weight excluding hydrogens is 146 g/mol. The first-order valence-corrected chi connectivity index (χ1v) is 3.58. The molecule has 0 aliphatic carbocycles. The summed E-state index contributed by atoms with van der Waals surface area (Å²) in [6, 6.07) is 0. The van der Waals surface area contributed by atoms with Crippen molar-refractivity contribution in [2.24, 2.45) is 0 Å². The normalized spacial score (nSPS) is 6.80. The molecule has 0 bridgehead atoms. The van der Waals surface area contributed by atoms with Crippen molar-refractivity contribution in [2.75, 3.05) is 7.11 Å². The van der Waals surface area contributed by atoms with Crippen LogP contribution in [0.3, 0.4) is 0 Å². The van der Waals surface area contributed by atoms with E-state index in [9.17, 15) is 0 Å². The van der Waals surface area contributed by atoms with Crippen LogP contribution in [-0.2, 0) is 4.74 Å². The van der Waals surface area contributed by atoms with Crippen LogP contribution < -0.4 is 5.32 Å². The van der Waals surface area contributed by atoms with Crippen LogP contribution in [0.1, 0.15) is 22.2 Å². The van der Waals surface area contributed by atoms with Crippen LogP contribution in [0.25, 0.3) is 0 Å². The number of hydrogen-bond donors (Lipinski definition) is 1. The maximum atomic E-state index is 4.64. The van der Waals surface area contributed by atoms with Crippen molar-refractivity contribution in [3.8, 4) is 0 Å². The summed E-state index contributed by atoms with van der Waals surface area (Å²) in [5, 5.41) is 3.07. The van der Waals surface area contributed by atoms with E-state index < -0.39 is 0 Å². The van der Waals surface area contributed by atoms with Gasteiger partial charge in [-0.2, -0.15) is 0 Å². The van der Waals surface area contributed by atoms with Gasteiger partial charge in [-0.15, -0.1) is 0 Å². The van der Waals surface area contributed by atoms with Gasteiger partial charge in [0.2, 0.25) is 0 Å². The third kappa shape index (κ3) is 10.4. The van der Waals surface area contributed by atoms with Crippen molar-refractivity contribution in [3.63, 3.8) is 0 Å². The van der Waals surface area contributed by atoms with Crippen molar-refractivity contribution in [1.82, 2.24) is 5.32 Å². The quantitative estimate of drug-likeness (QED) is 0.599. The van der Waals surface area contributed by atoms with E-state index in [0.29, 0.717) is 5.17 Å². The van der Waals surface area contributed by atoms with Gasteiger partial charge in [0.1, 0.15) is 0 Å². The second-order valence-electron chi connectivity index (χ2n) is 1.40. The van der Waals surface area contributed by atoms with Crippen LogP contribution >= 0.6 is 12.2 Å². The van der Waals surface area contributed by atoms with Gasteiger partial charge in [-0.1, -0.05) is 20.4 Å². The first-order chi connectivity index (χ1) is 4.66. The molecular formula is C7H17NOS. The highest BCUT2D eigenvalue weighted by Crippen LogP contribution is 1.80. The first-order valence-electron chi connectivity index (χ1n) is 3.17. The molecule has 0 radical (unpaired) electrons. The average molecular weight is 163 g/mol. The van der Waals surface area contributed by atoms with Gasteiger partial charge in [0, 0.05) is 7.12 Å². The number of nitrogens with one attached hydrogen (secondary N) is 1. The Morgan fingerprint density at radius 1 is 1.60 bits per heavy atom. The molecule has 10 heavy (non-hydrogen) atoms. The summed E-state index contributed by atoms with van der Waals surface area (Å²) in [5.74, 6) is 0. The van der Waals surface area contributed by atoms with Gasteiger partial charge in [0.25, 0.3) is 5.17 Å². The van der Waals surface area contributed by atoms with Crippen molar-refractivity contribution in [3.05, 3.63) is 12.3 Å². The van der Waals surface area contributed by atoms with E-state index in [2.05, 4.69) is 28.9 Å². The third-order valence-corrected chi connectivity index (χ3v) is 0.770. The van der Waals surface area contributed by atoms with E-state index in [0.717, 1.165) is 5.70 Å². The summed E-state index contributed by atoms with van der Waals surface area (Å²) in [6.07, 6.45) is 0. The minimum absolute atomic E-state index is 0. The zero-order valence-electron chi connectivity index (χ0n) is 7.02. The molecule has 0 saturated heterocycles. The van der Waals surface area contributed by atoms with Crippen LogP contribution in [0.2, 0.25) is 0 Å². The lowest BCUT2D eigenvalue weighted by Gasteiger charge is -2.02. The summed E-state index contributed by atoms with van der Waals surface area (Å²) in [6.45, 7) is 9.38. The van der Waals surface area contributed by atoms with E-state index in [1.165, 1.54) is 7.11 Å². The molecule has 1 N–H and O–H groups in total. The lowest BCUT2D eigenvalue weighted by Crippen LogP contribution is -2.19. The number of allylic oxidation sites excluding steroid dienone is 1. The molecule has 0 amide bonds. The van der Waals surface area contributed by atoms with E-state index >= 15 is 0 Å². The Morgan fingerprint density at radius 3 is 2.10 bits per heavy atom. The summed E-state index contributed by atoms with van der Waals surface area (Å²) >= 11 is 4.64. The van der Waals surface area contributed by atoms with Crippen molar-refractivity contribution in [2.45, 2.75) is 20.8 Å². The Kier molecular flexibility index (Phi) is 10.2. The molecule has 62 valence electrons. The topological polar surface area (TPSA) is 21.3 Å². The molecule has 0 aromatic carbocycles. The van der Waals surface area contributed by atoms with Gasteiger partial charge in [0.15, 0.2) is 0 Å². The Bertz CT molecular complexity index is 117. The third-order valence-electron chi connectivity index (χ3n) is 0.501. The van der Waals surface area contributed by atoms with Gasteiger partial charge in [-0.3, -0.25) is 0 Å². The molecule has 2 nitrogen and oxygen atoms in total. The fraction of sp³-hybridized carbons (Fsp3) is 0.571. The van der Waals surface area contributed by atoms with Gasteiger partial charge >= 0.3 is 0 Å². The Labute approximate surface area is 69.8 Å². The monoisotopic (exact) mass is 163 g/mol. The predicted octanol–water partition coefficient (Wildman–Crippen LogP) is 2.31. The van der Waals surface area contributed by atoms with E-state index in [4.69, 9.17) is 0 Å². The molecule has 0 aromatic heterocycles. The molecule has 0 spiro atoms. The smallest absolute Gasteiger partial charge is 0.260 e. The number of methoxy groups -OCH3 is 1. The van der Waals surface area contributed by atoms with Gasteiger partial charge in [-0.05, 0) is 19.1 Å². The highest BCUT2D eigenvalue weighted by molar-refractivity contribution is 7.80. The van der Waals surface area contributed by atoms with Crippen molar-refractivity contribution >= 4 is 17.4 Å². The van der Waals surface area contributed by atoms with Crippen molar-refractivity contribution in [1.29, 1.82) is 0 Å². The van der Waals surface area contributed by atoms with Gasteiger partial charge in [0.05, 0.1) is 7.11 Å². The minimum Gasteiger partial charge on any atom is -0.474 e. The summed E-state index contributed by atoms with van der Waals surface area (Å²) in [4.78, 5) is 0.